The maximum atomic E-state index is 12.4. The Labute approximate surface area is 172 Å². The Hall–Kier alpha value is -1.27. The Morgan fingerprint density at radius 3 is 2.12 bits per heavy atom. The lowest BCUT2D eigenvalue weighted by atomic mass is 10.2. The lowest BCUT2D eigenvalue weighted by Gasteiger charge is -2.10. The molecule has 0 heterocycles. The molecule has 5 nitrogen and oxygen atoms in total. The third-order valence-electron chi connectivity index (χ3n) is 2.86. The Morgan fingerprint density at radius 2 is 1.54 bits per heavy atom. The minimum absolute atomic E-state index is 0.160. The number of thiocarbonyl (C=S) groups is 1. The molecular weight excluding hydrogens is 552 g/mol. The summed E-state index contributed by atoms with van der Waals surface area (Å²) in [5.41, 5.74) is 2.03. The number of hydrogen-bond donors (Lipinski definition) is 3. The van der Waals surface area contributed by atoms with Crippen LogP contribution in [0.2, 0.25) is 0 Å². The summed E-state index contributed by atoms with van der Waals surface area (Å²) in [6.45, 7) is 1.39. The maximum absolute atomic E-state index is 12.4. The number of nitrogens with one attached hydrogen (secondary N) is 3. The number of hydrogen-bond acceptors (Lipinski definition) is 3. The van der Waals surface area contributed by atoms with Gasteiger partial charge in [0.25, 0.3) is 5.91 Å². The lowest BCUT2D eigenvalue weighted by molar-refractivity contribution is -0.117. The van der Waals surface area contributed by atoms with Crippen molar-refractivity contribution in [1.82, 2.24) is 5.32 Å². The van der Waals surface area contributed by atoms with Crippen molar-refractivity contribution in [2.24, 2.45) is 0 Å². The second-order valence-corrected chi connectivity index (χ2v) is 7.61. The van der Waals surface area contributed by atoms with Crippen LogP contribution < -0.4 is 16.0 Å². The number of benzene rings is 2. The van der Waals surface area contributed by atoms with Crippen LogP contribution in [-0.2, 0) is 4.79 Å². The topological polar surface area (TPSA) is 70.2 Å². The first-order chi connectivity index (χ1) is 11.3. The number of carbonyl (C=O) groups excluding carboxylic acids is 2. The number of amides is 2. The van der Waals surface area contributed by atoms with Crippen LogP contribution in [0.5, 0.6) is 0 Å². The summed E-state index contributed by atoms with van der Waals surface area (Å²) in [5, 5.41) is 8.46. The van der Waals surface area contributed by atoms with Crippen molar-refractivity contribution < 1.29 is 9.59 Å². The van der Waals surface area contributed by atoms with Crippen molar-refractivity contribution in [1.29, 1.82) is 0 Å². The minimum atomic E-state index is -0.233. The zero-order valence-electron chi connectivity index (χ0n) is 12.5. The molecule has 8 heteroatoms. The van der Waals surface area contributed by atoms with E-state index in [1.165, 1.54) is 6.92 Å². The van der Waals surface area contributed by atoms with Gasteiger partial charge in [0.1, 0.15) is 0 Å². The van der Waals surface area contributed by atoms with Gasteiger partial charge in [0, 0.05) is 25.4 Å². The van der Waals surface area contributed by atoms with E-state index < -0.39 is 0 Å². The van der Waals surface area contributed by atoms with Crippen LogP contribution in [-0.4, -0.2) is 16.9 Å². The summed E-state index contributed by atoms with van der Waals surface area (Å²) < 4.78 is 1.90. The second kappa shape index (κ2) is 8.72. The van der Waals surface area contributed by atoms with E-state index >= 15 is 0 Å². The number of halogens is 2. The minimum Gasteiger partial charge on any atom is -0.332 e. The fourth-order valence-electron chi connectivity index (χ4n) is 1.83. The van der Waals surface area contributed by atoms with Gasteiger partial charge < -0.3 is 16.0 Å². The zero-order chi connectivity index (χ0) is 17.7. The normalized spacial score (nSPS) is 9.96. The Bertz CT molecular complexity index is 794. The van der Waals surface area contributed by atoms with Crippen molar-refractivity contribution in [3.63, 3.8) is 0 Å². The summed E-state index contributed by atoms with van der Waals surface area (Å²) in [6.07, 6.45) is 0. The first-order valence-corrected chi connectivity index (χ1v) is 9.37. The molecule has 0 radical (unpaired) electrons. The van der Waals surface area contributed by atoms with Gasteiger partial charge in [-0.05, 0) is 99.9 Å². The van der Waals surface area contributed by atoms with Gasteiger partial charge in [0.2, 0.25) is 5.91 Å². The maximum Gasteiger partial charge on any atom is 0.256 e. The monoisotopic (exact) mass is 565 g/mol. The van der Waals surface area contributed by atoms with E-state index in [0.29, 0.717) is 11.3 Å². The van der Waals surface area contributed by atoms with E-state index in [1.54, 1.807) is 24.3 Å². The predicted octanol–water partition coefficient (Wildman–Crippen LogP) is 3.98. The summed E-state index contributed by atoms with van der Waals surface area (Å²) in [6, 6.07) is 12.8. The third-order valence-corrected chi connectivity index (χ3v) is 4.68. The first kappa shape index (κ1) is 19.1. The fourth-order valence-corrected chi connectivity index (χ4v) is 3.16. The van der Waals surface area contributed by atoms with Crippen LogP contribution in [0.15, 0.2) is 42.5 Å². The summed E-state index contributed by atoms with van der Waals surface area (Å²) in [7, 11) is 0. The predicted molar refractivity (Wildman–Crippen MR) is 116 cm³/mol. The Balaban J connectivity index is 2.03. The molecule has 0 bridgehead atoms. The Morgan fingerprint density at radius 1 is 0.958 bits per heavy atom. The van der Waals surface area contributed by atoms with Gasteiger partial charge in [-0.2, -0.15) is 0 Å². The average molecular weight is 565 g/mol. The van der Waals surface area contributed by atoms with Crippen LogP contribution >= 0.6 is 57.4 Å². The van der Waals surface area contributed by atoms with Crippen molar-refractivity contribution in [2.75, 3.05) is 10.6 Å². The summed E-state index contributed by atoms with van der Waals surface area (Å²) >= 11 is 9.31. The molecule has 3 N–H and O–H groups in total. The van der Waals surface area contributed by atoms with E-state index in [2.05, 4.69) is 61.1 Å². The van der Waals surface area contributed by atoms with E-state index in [9.17, 15) is 9.59 Å². The molecule has 0 unspecified atom stereocenters. The smallest absolute Gasteiger partial charge is 0.256 e. The van der Waals surface area contributed by atoms with Gasteiger partial charge >= 0.3 is 0 Å². The molecule has 0 fully saturated rings. The Kier molecular flexibility index (Phi) is 6.92. The molecule has 2 aromatic rings. The van der Waals surface area contributed by atoms with Crippen LogP contribution in [0.4, 0.5) is 11.4 Å². The van der Waals surface area contributed by atoms with Gasteiger partial charge in [-0.15, -0.1) is 0 Å². The molecule has 0 saturated heterocycles. The molecular formula is C16H13I2N3O2S. The van der Waals surface area contributed by atoms with E-state index in [0.717, 1.165) is 12.8 Å². The van der Waals surface area contributed by atoms with E-state index in [1.807, 2.05) is 18.2 Å². The largest absolute Gasteiger partial charge is 0.332 e. The molecule has 2 amide bonds. The molecule has 0 saturated carbocycles. The lowest BCUT2D eigenvalue weighted by Crippen LogP contribution is -2.32. The average Bonchev–Trinajstić information content (AvgIpc) is 2.50. The molecule has 2 aromatic carbocycles. The summed E-state index contributed by atoms with van der Waals surface area (Å²) in [4.78, 5) is 23.3. The fraction of sp³-hybridized carbons (Fsp3) is 0.0625. The molecule has 0 aliphatic rings. The number of anilines is 2. The van der Waals surface area contributed by atoms with Gasteiger partial charge in [-0.25, -0.2) is 0 Å². The number of rotatable bonds is 3. The van der Waals surface area contributed by atoms with Crippen LogP contribution in [0.1, 0.15) is 17.3 Å². The highest BCUT2D eigenvalue weighted by Gasteiger charge is 2.11. The van der Waals surface area contributed by atoms with Crippen molar-refractivity contribution in [3.8, 4) is 0 Å². The third kappa shape index (κ3) is 5.67. The van der Waals surface area contributed by atoms with Crippen LogP contribution in [0.25, 0.3) is 0 Å². The zero-order valence-corrected chi connectivity index (χ0v) is 17.7. The van der Waals surface area contributed by atoms with Gasteiger partial charge in [-0.3, -0.25) is 9.59 Å². The quantitative estimate of drug-likeness (QED) is 0.390. The van der Waals surface area contributed by atoms with E-state index in [4.69, 9.17) is 12.2 Å². The van der Waals surface area contributed by atoms with E-state index in [-0.39, 0.29) is 16.9 Å². The van der Waals surface area contributed by atoms with Gasteiger partial charge in [-0.1, -0.05) is 0 Å². The highest BCUT2D eigenvalue weighted by Crippen LogP contribution is 2.19. The second-order valence-electron chi connectivity index (χ2n) is 4.79. The first-order valence-electron chi connectivity index (χ1n) is 6.80. The number of carbonyl (C=O) groups is 2. The SMILES string of the molecule is CC(=O)NC(=S)Nc1ccc(NC(=O)c2cc(I)ccc2I)cc1. The highest BCUT2D eigenvalue weighted by atomic mass is 127. The molecule has 124 valence electrons. The molecule has 0 aliphatic heterocycles. The van der Waals surface area contributed by atoms with Crippen LogP contribution in [0, 0.1) is 7.14 Å². The molecule has 0 aromatic heterocycles. The van der Waals surface area contributed by atoms with Crippen molar-refractivity contribution in [3.05, 3.63) is 55.2 Å². The molecule has 0 aliphatic carbocycles. The van der Waals surface area contributed by atoms with Crippen LogP contribution in [0.3, 0.4) is 0 Å². The van der Waals surface area contributed by atoms with Gasteiger partial charge in [0.05, 0.1) is 5.56 Å². The molecule has 0 spiro atoms. The van der Waals surface area contributed by atoms with Crippen molar-refractivity contribution in [2.45, 2.75) is 6.92 Å². The molecule has 2 rings (SSSR count). The van der Waals surface area contributed by atoms with Crippen molar-refractivity contribution >= 4 is 85.7 Å². The summed E-state index contributed by atoms with van der Waals surface area (Å²) in [5.74, 6) is -0.393. The van der Waals surface area contributed by atoms with Gasteiger partial charge in [0.15, 0.2) is 5.11 Å². The standard InChI is InChI=1S/C16H13I2N3O2S/c1-9(22)19-16(24)21-12-5-3-11(4-6-12)20-15(23)13-8-10(17)2-7-14(13)18/h2-8H,1H3,(H,20,23)(H2,19,21,22,24). The highest BCUT2D eigenvalue weighted by molar-refractivity contribution is 14.1. The molecule has 24 heavy (non-hydrogen) atoms. The molecule has 0 atom stereocenters.